The quantitative estimate of drug-likeness (QED) is 0.428. The van der Waals surface area contributed by atoms with E-state index in [-0.39, 0.29) is 11.6 Å². The van der Waals surface area contributed by atoms with Crippen LogP contribution in [-0.2, 0) is 28.0 Å². The molecule has 1 aromatic carbocycles. The first-order valence-corrected chi connectivity index (χ1v) is 12.2. The second-order valence-corrected chi connectivity index (χ2v) is 9.61. The number of hydrogen-bond donors (Lipinski definition) is 2. The Hall–Kier alpha value is -3.60. The maximum absolute atomic E-state index is 13.4. The van der Waals surface area contributed by atoms with Gasteiger partial charge in [0, 0.05) is 37.8 Å². The number of fused-ring (bicyclic) bond motifs is 2. The van der Waals surface area contributed by atoms with Crippen molar-refractivity contribution in [2.45, 2.75) is 38.5 Å². The Morgan fingerprint density at radius 3 is 2.78 bits per heavy atom. The number of nitrogens with one attached hydrogen (secondary N) is 2. The van der Waals surface area contributed by atoms with E-state index in [0.29, 0.717) is 30.2 Å². The molecule has 2 N–H and O–H groups in total. The minimum absolute atomic E-state index is 0.101. The van der Waals surface area contributed by atoms with Crippen LogP contribution in [0.3, 0.4) is 0 Å². The molecule has 0 spiro atoms. The molecular formula is C26H29N7O3. The summed E-state index contributed by atoms with van der Waals surface area (Å²) in [4.78, 5) is 27.2. The van der Waals surface area contributed by atoms with Crippen LogP contribution in [-0.4, -0.2) is 51.2 Å². The fraction of sp³-hybridized carbons (Fsp3) is 0.385. The minimum atomic E-state index is -0.578. The second kappa shape index (κ2) is 8.81. The molecule has 0 amide bonds. The number of hydrogen-bond acceptors (Lipinski definition) is 8. The number of pyridine rings is 1. The van der Waals surface area contributed by atoms with Crippen molar-refractivity contribution in [3.63, 3.8) is 0 Å². The summed E-state index contributed by atoms with van der Waals surface area (Å²) in [5.74, 6) is 0.427. The van der Waals surface area contributed by atoms with Crippen LogP contribution in [0.2, 0.25) is 0 Å². The third-order valence-electron chi connectivity index (χ3n) is 6.98. The van der Waals surface area contributed by atoms with Gasteiger partial charge in [0.05, 0.1) is 24.6 Å². The fourth-order valence-corrected chi connectivity index (χ4v) is 4.92. The highest BCUT2D eigenvalue weighted by molar-refractivity contribution is 5.77. The monoisotopic (exact) mass is 487 g/mol. The third-order valence-corrected chi connectivity index (χ3v) is 6.98. The van der Waals surface area contributed by atoms with Gasteiger partial charge in [-0.05, 0) is 62.2 Å². The van der Waals surface area contributed by atoms with Crippen LogP contribution in [0.4, 0.5) is 11.6 Å². The van der Waals surface area contributed by atoms with Gasteiger partial charge in [-0.3, -0.25) is 9.78 Å². The number of aromatic nitrogens is 5. The summed E-state index contributed by atoms with van der Waals surface area (Å²) in [7, 11) is 1.66. The highest BCUT2D eigenvalue weighted by Gasteiger charge is 2.42. The standard InChI is InChI=1S/C26H29N7O3/c1-16(2)32-24(34)21-13-29-25(30-19-5-4-17-6-8-27-12-18(17)10-19)31-23(21)33(32)20-7-9-28-22(11-20)26(35-3)14-36-15-26/h4-5,7,9-11,13,16,27H,6,8,12,14-15H2,1-3H3,(H,29,30,31). The van der Waals surface area contributed by atoms with Gasteiger partial charge in [0.1, 0.15) is 5.39 Å². The molecule has 2 aliphatic heterocycles. The SMILES string of the molecule is COC1(c2cc(-n3c4nc(Nc5ccc6c(c5)CNCC6)ncc4c(=O)n3C(C)C)ccn2)COC1. The predicted molar refractivity (Wildman–Crippen MR) is 136 cm³/mol. The van der Waals surface area contributed by atoms with Crippen molar-refractivity contribution in [1.29, 1.82) is 0 Å². The van der Waals surface area contributed by atoms with Gasteiger partial charge in [-0.25, -0.2) is 14.3 Å². The zero-order valence-electron chi connectivity index (χ0n) is 20.6. The van der Waals surface area contributed by atoms with E-state index >= 15 is 0 Å². The zero-order chi connectivity index (χ0) is 24.9. The molecule has 0 aliphatic carbocycles. The van der Waals surface area contributed by atoms with Gasteiger partial charge in [0.25, 0.3) is 5.56 Å². The number of methoxy groups -OCH3 is 1. The Kier molecular flexibility index (Phi) is 5.59. The van der Waals surface area contributed by atoms with Crippen LogP contribution < -0.4 is 16.2 Å². The van der Waals surface area contributed by atoms with E-state index in [1.807, 2.05) is 36.7 Å². The Balaban J connectivity index is 1.45. The van der Waals surface area contributed by atoms with E-state index in [2.05, 4.69) is 32.7 Å². The molecule has 0 unspecified atom stereocenters. The Morgan fingerprint density at radius 1 is 1.17 bits per heavy atom. The molecule has 10 heteroatoms. The molecule has 0 atom stereocenters. The molecule has 1 saturated heterocycles. The molecule has 0 bridgehead atoms. The van der Waals surface area contributed by atoms with E-state index in [4.69, 9.17) is 14.5 Å². The molecule has 6 rings (SSSR count). The smallest absolute Gasteiger partial charge is 0.278 e. The summed E-state index contributed by atoms with van der Waals surface area (Å²) in [5.41, 5.74) is 4.88. The van der Waals surface area contributed by atoms with Crippen LogP contribution in [0, 0.1) is 0 Å². The van der Waals surface area contributed by atoms with Crippen LogP contribution in [0.1, 0.15) is 36.7 Å². The lowest BCUT2D eigenvalue weighted by molar-refractivity contribution is -0.204. The number of anilines is 2. The van der Waals surface area contributed by atoms with Gasteiger partial charge in [0.2, 0.25) is 5.95 Å². The summed E-state index contributed by atoms with van der Waals surface area (Å²) in [5, 5.41) is 7.18. The van der Waals surface area contributed by atoms with Crippen LogP contribution in [0.25, 0.3) is 16.7 Å². The Labute approximate surface area is 208 Å². The van der Waals surface area contributed by atoms with Gasteiger partial charge in [-0.1, -0.05) is 6.07 Å². The van der Waals surface area contributed by atoms with Gasteiger partial charge < -0.3 is 20.1 Å². The average molecular weight is 488 g/mol. The highest BCUT2D eigenvalue weighted by Crippen LogP contribution is 2.33. The molecule has 2 aliphatic rings. The number of nitrogens with zero attached hydrogens (tertiary/aromatic N) is 5. The fourth-order valence-electron chi connectivity index (χ4n) is 4.92. The molecule has 3 aromatic heterocycles. The molecule has 0 saturated carbocycles. The van der Waals surface area contributed by atoms with Crippen molar-refractivity contribution in [1.82, 2.24) is 29.6 Å². The molecule has 5 heterocycles. The zero-order valence-corrected chi connectivity index (χ0v) is 20.6. The number of rotatable bonds is 6. The van der Waals surface area contributed by atoms with Crippen molar-refractivity contribution in [3.05, 3.63) is 69.9 Å². The topological polar surface area (TPSA) is 108 Å². The van der Waals surface area contributed by atoms with Crippen LogP contribution in [0.15, 0.2) is 47.5 Å². The number of ether oxygens (including phenoxy) is 2. The molecule has 0 radical (unpaired) electrons. The molecule has 36 heavy (non-hydrogen) atoms. The summed E-state index contributed by atoms with van der Waals surface area (Å²) < 4.78 is 14.7. The first-order chi connectivity index (χ1) is 17.5. The summed E-state index contributed by atoms with van der Waals surface area (Å²) in [6.07, 6.45) is 4.35. The maximum atomic E-state index is 13.4. The normalized spacial score (nSPS) is 16.7. The van der Waals surface area contributed by atoms with Crippen molar-refractivity contribution in [2.24, 2.45) is 0 Å². The molecule has 10 nitrogen and oxygen atoms in total. The lowest BCUT2D eigenvalue weighted by Gasteiger charge is -2.39. The Bertz CT molecular complexity index is 1500. The Morgan fingerprint density at radius 2 is 2.03 bits per heavy atom. The largest absolute Gasteiger partial charge is 0.374 e. The summed E-state index contributed by atoms with van der Waals surface area (Å²) in [6.45, 7) is 6.68. The molecular weight excluding hydrogens is 458 g/mol. The van der Waals surface area contributed by atoms with Gasteiger partial charge in [0.15, 0.2) is 11.2 Å². The van der Waals surface area contributed by atoms with Crippen molar-refractivity contribution in [3.8, 4) is 5.69 Å². The third kappa shape index (κ3) is 3.69. The van der Waals surface area contributed by atoms with Crippen molar-refractivity contribution in [2.75, 3.05) is 32.2 Å². The summed E-state index contributed by atoms with van der Waals surface area (Å²) in [6, 6.07) is 10.0. The van der Waals surface area contributed by atoms with Crippen LogP contribution in [0.5, 0.6) is 0 Å². The maximum Gasteiger partial charge on any atom is 0.278 e. The van der Waals surface area contributed by atoms with Gasteiger partial charge in [-0.2, -0.15) is 4.98 Å². The first-order valence-electron chi connectivity index (χ1n) is 12.2. The van der Waals surface area contributed by atoms with E-state index < -0.39 is 5.60 Å². The molecule has 1 fully saturated rings. The van der Waals surface area contributed by atoms with Crippen molar-refractivity contribution >= 4 is 22.7 Å². The highest BCUT2D eigenvalue weighted by atomic mass is 16.6. The van der Waals surface area contributed by atoms with E-state index in [1.54, 1.807) is 24.2 Å². The summed E-state index contributed by atoms with van der Waals surface area (Å²) >= 11 is 0. The predicted octanol–water partition coefficient (Wildman–Crippen LogP) is 2.82. The average Bonchev–Trinajstić information content (AvgIpc) is 3.16. The first kappa shape index (κ1) is 22.8. The van der Waals surface area contributed by atoms with E-state index in [1.165, 1.54) is 11.1 Å². The minimum Gasteiger partial charge on any atom is -0.374 e. The molecule has 186 valence electrons. The molecule has 4 aromatic rings. The lowest BCUT2D eigenvalue weighted by atomic mass is 9.96. The van der Waals surface area contributed by atoms with Gasteiger partial charge >= 0.3 is 0 Å². The van der Waals surface area contributed by atoms with E-state index in [0.717, 1.165) is 36.6 Å². The van der Waals surface area contributed by atoms with Crippen LogP contribution >= 0.6 is 0 Å². The lowest BCUT2D eigenvalue weighted by Crippen LogP contribution is -2.48. The van der Waals surface area contributed by atoms with E-state index in [9.17, 15) is 4.79 Å². The van der Waals surface area contributed by atoms with Gasteiger partial charge in [-0.15, -0.1) is 0 Å². The second-order valence-electron chi connectivity index (χ2n) is 9.61. The number of benzene rings is 1. The van der Waals surface area contributed by atoms with Crippen molar-refractivity contribution < 1.29 is 9.47 Å².